The van der Waals surface area contributed by atoms with Gasteiger partial charge in [0.2, 0.25) is 0 Å². The second kappa shape index (κ2) is 3.77. The highest BCUT2D eigenvalue weighted by Gasteiger charge is 2.08. The lowest BCUT2D eigenvalue weighted by Gasteiger charge is -2.05. The Labute approximate surface area is 95.7 Å². The topological polar surface area (TPSA) is 45.8 Å². The van der Waals surface area contributed by atoms with Crippen molar-refractivity contribution in [2.75, 3.05) is 0 Å². The lowest BCUT2D eigenvalue weighted by atomic mass is 10.1. The summed E-state index contributed by atoms with van der Waals surface area (Å²) in [5.74, 6) is 0.642. The number of nitrogens with one attached hydrogen (secondary N) is 1. The molecule has 0 radical (unpaired) electrons. The van der Waals surface area contributed by atoms with Crippen LogP contribution < -0.4 is 5.56 Å². The number of rotatable bonds is 1. The third kappa shape index (κ3) is 1.69. The van der Waals surface area contributed by atoms with Crippen LogP contribution in [0.2, 0.25) is 0 Å². The van der Waals surface area contributed by atoms with Crippen molar-refractivity contribution in [3.05, 3.63) is 38.3 Å². The summed E-state index contributed by atoms with van der Waals surface area (Å²) in [5.41, 5.74) is 1.78. The molecule has 78 valence electrons. The monoisotopic (exact) mass is 266 g/mol. The van der Waals surface area contributed by atoms with Crippen LogP contribution in [0.25, 0.3) is 10.9 Å². The van der Waals surface area contributed by atoms with Crippen molar-refractivity contribution in [2.45, 2.75) is 20.3 Å². The van der Waals surface area contributed by atoms with Gasteiger partial charge in [0.25, 0.3) is 5.56 Å². The first-order chi connectivity index (χ1) is 7.13. The van der Waals surface area contributed by atoms with Crippen molar-refractivity contribution in [2.24, 2.45) is 0 Å². The van der Waals surface area contributed by atoms with Gasteiger partial charge in [0, 0.05) is 4.47 Å². The predicted octanol–water partition coefficient (Wildman–Crippen LogP) is 2.56. The third-order valence-corrected chi connectivity index (χ3v) is 3.30. The first kappa shape index (κ1) is 10.4. The van der Waals surface area contributed by atoms with E-state index in [4.69, 9.17) is 0 Å². The molecular weight excluding hydrogens is 256 g/mol. The minimum atomic E-state index is -0.0836. The van der Waals surface area contributed by atoms with E-state index < -0.39 is 0 Å². The quantitative estimate of drug-likeness (QED) is 0.863. The second-order valence-corrected chi connectivity index (χ2v) is 4.23. The van der Waals surface area contributed by atoms with Gasteiger partial charge in [-0.3, -0.25) is 4.79 Å². The Kier molecular flexibility index (Phi) is 2.61. The standard InChI is InChI=1S/C11H11BrN2O/c1-3-7-4-5-8-9(10(7)12)11(15)14-6(2)13-8/h4-5H,3H2,1-2H3,(H,13,14,15). The Morgan fingerprint density at radius 2 is 2.20 bits per heavy atom. The zero-order valence-corrected chi connectivity index (χ0v) is 10.2. The molecule has 2 aromatic rings. The smallest absolute Gasteiger partial charge is 0.259 e. The average Bonchev–Trinajstić information content (AvgIpc) is 2.17. The summed E-state index contributed by atoms with van der Waals surface area (Å²) >= 11 is 3.46. The zero-order valence-electron chi connectivity index (χ0n) is 8.60. The van der Waals surface area contributed by atoms with E-state index in [2.05, 4.69) is 32.8 Å². The maximum absolute atomic E-state index is 11.8. The maximum Gasteiger partial charge on any atom is 0.259 e. The molecule has 1 N–H and O–H groups in total. The molecule has 1 heterocycles. The Hall–Kier alpha value is -1.16. The molecule has 4 heteroatoms. The first-order valence-corrected chi connectivity index (χ1v) is 5.60. The molecule has 15 heavy (non-hydrogen) atoms. The van der Waals surface area contributed by atoms with E-state index in [9.17, 15) is 4.79 Å². The average molecular weight is 267 g/mol. The molecule has 2 rings (SSSR count). The van der Waals surface area contributed by atoms with Crippen molar-refractivity contribution < 1.29 is 0 Å². The normalized spacial score (nSPS) is 10.9. The van der Waals surface area contributed by atoms with E-state index >= 15 is 0 Å². The number of hydrogen-bond acceptors (Lipinski definition) is 2. The Balaban J connectivity index is 2.93. The molecule has 1 aromatic heterocycles. The highest BCUT2D eigenvalue weighted by atomic mass is 79.9. The fourth-order valence-electron chi connectivity index (χ4n) is 1.63. The van der Waals surface area contributed by atoms with E-state index in [1.54, 1.807) is 6.92 Å². The minimum absolute atomic E-state index is 0.0836. The number of aromatic nitrogens is 2. The van der Waals surface area contributed by atoms with E-state index in [-0.39, 0.29) is 5.56 Å². The van der Waals surface area contributed by atoms with Crippen LogP contribution in [-0.4, -0.2) is 9.97 Å². The van der Waals surface area contributed by atoms with Crippen LogP contribution >= 0.6 is 15.9 Å². The van der Waals surface area contributed by atoms with Crippen molar-refractivity contribution in [1.29, 1.82) is 0 Å². The van der Waals surface area contributed by atoms with Crippen LogP contribution in [0.4, 0.5) is 0 Å². The van der Waals surface area contributed by atoms with Crippen LogP contribution in [-0.2, 0) is 6.42 Å². The molecule has 0 amide bonds. The second-order valence-electron chi connectivity index (χ2n) is 3.44. The van der Waals surface area contributed by atoms with Crippen LogP contribution in [0.1, 0.15) is 18.3 Å². The summed E-state index contributed by atoms with van der Waals surface area (Å²) in [6.07, 6.45) is 0.893. The number of fused-ring (bicyclic) bond motifs is 1. The third-order valence-electron chi connectivity index (χ3n) is 2.39. The molecule has 0 aliphatic carbocycles. The molecule has 0 spiro atoms. The van der Waals surface area contributed by atoms with Crippen molar-refractivity contribution in [3.8, 4) is 0 Å². The molecule has 1 aromatic carbocycles. The number of aryl methyl sites for hydroxylation is 2. The highest BCUT2D eigenvalue weighted by molar-refractivity contribution is 9.10. The van der Waals surface area contributed by atoms with Gasteiger partial charge < -0.3 is 4.98 Å². The van der Waals surface area contributed by atoms with E-state index in [1.807, 2.05) is 12.1 Å². The summed E-state index contributed by atoms with van der Waals surface area (Å²) in [5, 5.41) is 0.639. The van der Waals surface area contributed by atoms with Gasteiger partial charge >= 0.3 is 0 Å². The molecule has 0 aliphatic rings. The molecule has 0 atom stereocenters. The molecule has 0 aliphatic heterocycles. The Morgan fingerprint density at radius 3 is 2.87 bits per heavy atom. The number of benzene rings is 1. The Bertz CT molecular complexity index is 575. The number of H-pyrrole nitrogens is 1. The molecule has 0 unspecified atom stereocenters. The van der Waals surface area contributed by atoms with E-state index in [1.165, 1.54) is 0 Å². The van der Waals surface area contributed by atoms with Crippen LogP contribution in [0.3, 0.4) is 0 Å². The van der Waals surface area contributed by atoms with Gasteiger partial charge in [0.1, 0.15) is 5.82 Å². The van der Waals surface area contributed by atoms with Gasteiger partial charge in [0.15, 0.2) is 0 Å². The summed E-state index contributed by atoms with van der Waals surface area (Å²) in [6, 6.07) is 3.89. The first-order valence-electron chi connectivity index (χ1n) is 4.81. The SMILES string of the molecule is CCc1ccc2nc(C)[nH]c(=O)c2c1Br. The van der Waals surface area contributed by atoms with Gasteiger partial charge in [-0.1, -0.05) is 13.0 Å². The number of nitrogens with zero attached hydrogens (tertiary/aromatic N) is 1. The molecule has 0 fully saturated rings. The minimum Gasteiger partial charge on any atom is -0.310 e. The molecule has 0 saturated carbocycles. The van der Waals surface area contributed by atoms with Crippen LogP contribution in [0.15, 0.2) is 21.4 Å². The highest BCUT2D eigenvalue weighted by Crippen LogP contribution is 2.24. The molecule has 0 bridgehead atoms. The van der Waals surface area contributed by atoms with E-state index in [0.717, 1.165) is 22.0 Å². The summed E-state index contributed by atoms with van der Waals surface area (Å²) < 4.78 is 0.858. The van der Waals surface area contributed by atoms with Gasteiger partial charge in [0.05, 0.1) is 10.9 Å². The number of hydrogen-bond donors (Lipinski definition) is 1. The summed E-state index contributed by atoms with van der Waals surface area (Å²) in [7, 11) is 0. The summed E-state index contributed by atoms with van der Waals surface area (Å²) in [6.45, 7) is 3.84. The van der Waals surface area contributed by atoms with Gasteiger partial charge in [-0.2, -0.15) is 0 Å². The van der Waals surface area contributed by atoms with Crippen molar-refractivity contribution in [3.63, 3.8) is 0 Å². The Morgan fingerprint density at radius 1 is 1.47 bits per heavy atom. The maximum atomic E-state index is 11.8. The van der Waals surface area contributed by atoms with Crippen molar-refractivity contribution >= 4 is 26.8 Å². The number of halogens is 1. The lowest BCUT2D eigenvalue weighted by Crippen LogP contribution is -2.10. The predicted molar refractivity (Wildman–Crippen MR) is 64.2 cm³/mol. The van der Waals surface area contributed by atoms with Gasteiger partial charge in [-0.25, -0.2) is 4.98 Å². The van der Waals surface area contributed by atoms with Crippen LogP contribution in [0, 0.1) is 6.92 Å². The molecular formula is C11H11BrN2O. The fraction of sp³-hybridized carbons (Fsp3) is 0.273. The molecule has 0 saturated heterocycles. The van der Waals surface area contributed by atoms with Gasteiger partial charge in [-0.05, 0) is 40.9 Å². The fourth-order valence-corrected chi connectivity index (χ4v) is 2.42. The van der Waals surface area contributed by atoms with Crippen molar-refractivity contribution in [1.82, 2.24) is 9.97 Å². The summed E-state index contributed by atoms with van der Waals surface area (Å²) in [4.78, 5) is 18.8. The van der Waals surface area contributed by atoms with Gasteiger partial charge in [-0.15, -0.1) is 0 Å². The largest absolute Gasteiger partial charge is 0.310 e. The van der Waals surface area contributed by atoms with Crippen LogP contribution in [0.5, 0.6) is 0 Å². The number of aromatic amines is 1. The lowest BCUT2D eigenvalue weighted by molar-refractivity contribution is 1.05. The molecule has 3 nitrogen and oxygen atoms in total. The van der Waals surface area contributed by atoms with E-state index in [0.29, 0.717) is 11.2 Å². The zero-order chi connectivity index (χ0) is 11.0.